The van der Waals surface area contributed by atoms with Gasteiger partial charge in [0.15, 0.2) is 0 Å². The van der Waals surface area contributed by atoms with Gasteiger partial charge >= 0.3 is 6.03 Å². The molecule has 11 heteroatoms. The van der Waals surface area contributed by atoms with Crippen molar-refractivity contribution in [3.8, 4) is 22.4 Å². The molecule has 2 aromatic carbocycles. The number of pyridine rings is 1. The summed E-state index contributed by atoms with van der Waals surface area (Å²) in [6, 6.07) is 14.6. The maximum atomic E-state index is 14.8. The highest BCUT2D eigenvalue weighted by Crippen LogP contribution is 2.30. The number of nitrogens with one attached hydrogen (secondary N) is 3. The molecule has 0 fully saturated rings. The van der Waals surface area contributed by atoms with Gasteiger partial charge in [0.25, 0.3) is 5.56 Å². The van der Waals surface area contributed by atoms with Crippen LogP contribution in [0.2, 0.25) is 0 Å². The number of carbonyl (C=O) groups excluding carboxylic acids is 1. The third-order valence-electron chi connectivity index (χ3n) is 6.39. The monoisotopic (exact) mass is 540 g/mol. The summed E-state index contributed by atoms with van der Waals surface area (Å²) in [7, 11) is 3.30. The van der Waals surface area contributed by atoms with E-state index < -0.39 is 11.8 Å². The molecule has 0 spiro atoms. The molecule has 0 aliphatic heterocycles. The molecule has 0 atom stereocenters. The zero-order chi connectivity index (χ0) is 28.6. The van der Waals surface area contributed by atoms with E-state index in [0.717, 1.165) is 5.56 Å². The maximum Gasteiger partial charge on any atom is 0.323 e. The van der Waals surface area contributed by atoms with E-state index in [-0.39, 0.29) is 16.8 Å². The number of nitrogens with zero attached hydrogens (tertiary/aromatic N) is 5. The van der Waals surface area contributed by atoms with Crippen LogP contribution in [-0.2, 0) is 12.6 Å². The number of amides is 2. The van der Waals surface area contributed by atoms with Crippen LogP contribution in [0.5, 0.6) is 0 Å². The van der Waals surface area contributed by atoms with Gasteiger partial charge in [-0.25, -0.2) is 14.2 Å². The van der Waals surface area contributed by atoms with E-state index in [1.54, 1.807) is 37.2 Å². The smallest absolute Gasteiger partial charge is 0.323 e. The molecule has 10 nitrogen and oxygen atoms in total. The second-order valence-electron chi connectivity index (χ2n) is 10.3. The number of halogens is 1. The van der Waals surface area contributed by atoms with Crippen molar-refractivity contribution in [2.45, 2.75) is 26.3 Å². The first-order chi connectivity index (χ1) is 19.0. The molecule has 204 valence electrons. The van der Waals surface area contributed by atoms with E-state index in [4.69, 9.17) is 0 Å². The Bertz CT molecular complexity index is 1790. The van der Waals surface area contributed by atoms with Crippen LogP contribution in [0.3, 0.4) is 0 Å². The van der Waals surface area contributed by atoms with E-state index >= 15 is 0 Å². The minimum absolute atomic E-state index is 0.0802. The van der Waals surface area contributed by atoms with Gasteiger partial charge in [-0.05, 0) is 44.5 Å². The van der Waals surface area contributed by atoms with E-state index in [1.165, 1.54) is 22.8 Å². The van der Waals surface area contributed by atoms with Gasteiger partial charge in [0.1, 0.15) is 17.2 Å². The molecule has 40 heavy (non-hydrogen) atoms. The third kappa shape index (κ3) is 5.13. The molecule has 0 saturated heterocycles. The normalized spacial score (nSPS) is 11.4. The zero-order valence-corrected chi connectivity index (χ0v) is 22.8. The van der Waals surface area contributed by atoms with Gasteiger partial charge in [-0.1, -0.05) is 36.4 Å². The summed E-state index contributed by atoms with van der Waals surface area (Å²) in [5, 5.41) is 13.6. The molecular formula is C29H29FN8O2. The quantitative estimate of drug-likeness (QED) is 0.273. The molecule has 3 heterocycles. The molecule has 0 aliphatic rings. The summed E-state index contributed by atoms with van der Waals surface area (Å²) in [6.45, 7) is 6.01. The Morgan fingerprint density at radius 1 is 0.975 bits per heavy atom. The summed E-state index contributed by atoms with van der Waals surface area (Å²) >= 11 is 0. The number of fused-ring (bicyclic) bond motifs is 1. The van der Waals surface area contributed by atoms with Crippen molar-refractivity contribution in [3.05, 3.63) is 83.2 Å². The number of urea groups is 1. The number of aromatic nitrogens is 5. The number of aryl methyl sites for hydroxylation is 1. The Balaban J connectivity index is 1.46. The highest BCUT2D eigenvalue weighted by Gasteiger charge is 2.21. The number of anilines is 3. The van der Waals surface area contributed by atoms with E-state index in [9.17, 15) is 14.0 Å². The van der Waals surface area contributed by atoms with Crippen molar-refractivity contribution in [2.24, 2.45) is 7.05 Å². The van der Waals surface area contributed by atoms with Gasteiger partial charge in [-0.15, -0.1) is 0 Å². The fraction of sp³-hybridized carbons (Fsp3) is 0.207. The standard InChI is InChI=1S/C29H29FN8O2/c1-29(2,3)38-16-23(24(36-38)17-9-7-6-8-10-17)34-28(40)33-22-14-18(11-12-21(22)30)20-13-19-15-32-27(31-4)35-25(19)37(5)26(20)39/h6-16H,1-5H3,(H,31,32,35)(H2,33,34,40). The SMILES string of the molecule is CNc1ncc2cc(-c3ccc(F)c(NC(=O)Nc4cn(C(C)(C)C)nc4-c4ccccc4)c3)c(=O)n(C)c2n1. The van der Waals surface area contributed by atoms with Crippen LogP contribution in [0.1, 0.15) is 20.8 Å². The lowest BCUT2D eigenvalue weighted by molar-refractivity contribution is 0.262. The number of carbonyl (C=O) groups is 1. The second-order valence-corrected chi connectivity index (χ2v) is 10.3. The first-order valence-corrected chi connectivity index (χ1v) is 12.6. The van der Waals surface area contributed by atoms with Gasteiger partial charge in [0, 0.05) is 43.0 Å². The zero-order valence-electron chi connectivity index (χ0n) is 22.8. The van der Waals surface area contributed by atoms with E-state index in [1.807, 2.05) is 51.1 Å². The number of hydrogen-bond acceptors (Lipinski definition) is 6. The largest absolute Gasteiger partial charge is 0.357 e. The summed E-state index contributed by atoms with van der Waals surface area (Å²) in [6.07, 6.45) is 3.35. The fourth-order valence-electron chi connectivity index (χ4n) is 4.26. The molecule has 5 aromatic rings. The molecule has 5 rings (SSSR count). The Hall–Kier alpha value is -5.06. The predicted molar refractivity (Wildman–Crippen MR) is 155 cm³/mol. The van der Waals surface area contributed by atoms with Crippen LogP contribution in [-0.4, -0.2) is 37.4 Å². The van der Waals surface area contributed by atoms with Gasteiger partial charge in [0.05, 0.1) is 16.9 Å². The Labute approximate surface area is 229 Å². The second kappa shape index (κ2) is 10.3. The van der Waals surface area contributed by atoms with Gasteiger partial charge in [-0.2, -0.15) is 10.1 Å². The molecule has 3 N–H and O–H groups in total. The Morgan fingerprint density at radius 2 is 1.70 bits per heavy atom. The van der Waals surface area contributed by atoms with Crippen molar-refractivity contribution in [1.82, 2.24) is 24.3 Å². The van der Waals surface area contributed by atoms with Crippen LogP contribution in [0.25, 0.3) is 33.4 Å². The molecular weight excluding hydrogens is 511 g/mol. The van der Waals surface area contributed by atoms with Gasteiger partial charge in [0.2, 0.25) is 5.95 Å². The van der Waals surface area contributed by atoms with Crippen molar-refractivity contribution in [1.29, 1.82) is 0 Å². The van der Waals surface area contributed by atoms with Crippen LogP contribution in [0.4, 0.5) is 26.5 Å². The molecule has 0 aliphatic carbocycles. The minimum atomic E-state index is -0.652. The van der Waals surface area contributed by atoms with Crippen molar-refractivity contribution >= 4 is 34.4 Å². The maximum absolute atomic E-state index is 14.8. The van der Waals surface area contributed by atoms with Gasteiger partial charge < -0.3 is 16.0 Å². The minimum Gasteiger partial charge on any atom is -0.357 e. The topological polar surface area (TPSA) is 119 Å². The summed E-state index contributed by atoms with van der Waals surface area (Å²) in [5.74, 6) is -0.259. The van der Waals surface area contributed by atoms with Crippen LogP contribution >= 0.6 is 0 Å². The van der Waals surface area contributed by atoms with E-state index in [2.05, 4.69) is 31.0 Å². The average Bonchev–Trinajstić information content (AvgIpc) is 3.36. The molecule has 0 bridgehead atoms. The number of hydrogen-bond donors (Lipinski definition) is 3. The van der Waals surface area contributed by atoms with Crippen LogP contribution in [0.15, 0.2) is 71.8 Å². The molecule has 0 radical (unpaired) electrons. The lowest BCUT2D eigenvalue weighted by atomic mass is 10.1. The van der Waals surface area contributed by atoms with Crippen LogP contribution in [0, 0.1) is 5.82 Å². The number of benzene rings is 2. The molecule has 0 unspecified atom stereocenters. The summed E-state index contributed by atoms with van der Waals surface area (Å²) in [5.41, 5.74) is 2.36. The first kappa shape index (κ1) is 26.5. The van der Waals surface area contributed by atoms with Crippen molar-refractivity contribution in [3.63, 3.8) is 0 Å². The Morgan fingerprint density at radius 3 is 2.40 bits per heavy atom. The van der Waals surface area contributed by atoms with E-state index in [0.29, 0.717) is 39.5 Å². The first-order valence-electron chi connectivity index (χ1n) is 12.6. The third-order valence-corrected chi connectivity index (χ3v) is 6.39. The molecule has 0 saturated carbocycles. The highest BCUT2D eigenvalue weighted by atomic mass is 19.1. The molecule has 2 amide bonds. The summed E-state index contributed by atoms with van der Waals surface area (Å²) < 4.78 is 18.0. The highest BCUT2D eigenvalue weighted by molar-refractivity contribution is 6.02. The fourth-order valence-corrected chi connectivity index (χ4v) is 4.26. The summed E-state index contributed by atoms with van der Waals surface area (Å²) in [4.78, 5) is 34.8. The van der Waals surface area contributed by atoms with Crippen molar-refractivity contribution < 1.29 is 9.18 Å². The van der Waals surface area contributed by atoms with Crippen LogP contribution < -0.4 is 21.5 Å². The lowest BCUT2D eigenvalue weighted by Gasteiger charge is -2.18. The van der Waals surface area contributed by atoms with Gasteiger partial charge in [-0.3, -0.25) is 14.0 Å². The van der Waals surface area contributed by atoms with Crippen molar-refractivity contribution in [2.75, 3.05) is 23.0 Å². The average molecular weight is 541 g/mol. The molecule has 3 aromatic heterocycles. The Kier molecular flexibility index (Phi) is 6.80. The lowest BCUT2D eigenvalue weighted by Crippen LogP contribution is -2.22. The number of rotatable bonds is 5. The predicted octanol–water partition coefficient (Wildman–Crippen LogP) is 5.44.